The van der Waals surface area contributed by atoms with E-state index in [9.17, 15) is 9.59 Å². The quantitative estimate of drug-likeness (QED) is 0.823. The fourth-order valence-corrected chi connectivity index (χ4v) is 3.53. The van der Waals surface area contributed by atoms with Crippen molar-refractivity contribution in [2.75, 3.05) is 6.79 Å². The number of rotatable bonds is 3. The van der Waals surface area contributed by atoms with Gasteiger partial charge < -0.3 is 24.8 Å². The lowest BCUT2D eigenvalue weighted by Gasteiger charge is -2.29. The smallest absolute Gasteiger partial charge is 0.338 e. The SMILES string of the molecule is CC1=C(C(=O)OC2CCCC2)[C@H](c2ccc3c(c2)OCO3)NC(=O)N1. The number of hydrogen-bond acceptors (Lipinski definition) is 5. The van der Waals surface area contributed by atoms with Gasteiger partial charge in [0.05, 0.1) is 11.6 Å². The van der Waals surface area contributed by atoms with Gasteiger partial charge in [-0.1, -0.05) is 6.07 Å². The summed E-state index contributed by atoms with van der Waals surface area (Å²) < 4.78 is 16.4. The van der Waals surface area contributed by atoms with Crippen LogP contribution < -0.4 is 20.1 Å². The maximum Gasteiger partial charge on any atom is 0.338 e. The number of carbonyl (C=O) groups excluding carboxylic acids is 2. The summed E-state index contributed by atoms with van der Waals surface area (Å²) in [5, 5.41) is 5.47. The summed E-state index contributed by atoms with van der Waals surface area (Å²) >= 11 is 0. The van der Waals surface area contributed by atoms with Crippen LogP contribution in [0.4, 0.5) is 4.79 Å². The van der Waals surface area contributed by atoms with Crippen LogP contribution in [0.25, 0.3) is 0 Å². The van der Waals surface area contributed by atoms with Crippen LogP contribution in [0.2, 0.25) is 0 Å². The molecule has 2 heterocycles. The molecule has 0 spiro atoms. The highest BCUT2D eigenvalue weighted by atomic mass is 16.7. The first-order valence-electron chi connectivity index (χ1n) is 8.50. The molecule has 0 unspecified atom stereocenters. The zero-order chi connectivity index (χ0) is 17.4. The number of hydrogen-bond donors (Lipinski definition) is 2. The van der Waals surface area contributed by atoms with E-state index in [1.54, 1.807) is 19.1 Å². The number of nitrogens with one attached hydrogen (secondary N) is 2. The second kappa shape index (κ2) is 6.31. The van der Waals surface area contributed by atoms with Crippen molar-refractivity contribution in [1.82, 2.24) is 10.6 Å². The van der Waals surface area contributed by atoms with Crippen molar-refractivity contribution < 1.29 is 23.8 Å². The highest BCUT2D eigenvalue weighted by Gasteiger charge is 2.34. The van der Waals surface area contributed by atoms with Crippen LogP contribution in [-0.2, 0) is 9.53 Å². The van der Waals surface area contributed by atoms with Gasteiger partial charge in [-0.25, -0.2) is 9.59 Å². The molecule has 3 aliphatic rings. The van der Waals surface area contributed by atoms with Crippen LogP contribution >= 0.6 is 0 Å². The molecule has 1 atom stereocenters. The van der Waals surface area contributed by atoms with Crippen molar-refractivity contribution >= 4 is 12.0 Å². The van der Waals surface area contributed by atoms with E-state index in [0.717, 1.165) is 31.2 Å². The molecular weight excluding hydrogens is 324 g/mol. The van der Waals surface area contributed by atoms with Crippen LogP contribution in [0, 0.1) is 0 Å². The second-order valence-corrected chi connectivity index (χ2v) is 6.49. The monoisotopic (exact) mass is 344 g/mol. The fourth-order valence-electron chi connectivity index (χ4n) is 3.53. The molecule has 2 amide bonds. The minimum atomic E-state index is -0.586. The highest BCUT2D eigenvalue weighted by Crippen LogP contribution is 2.37. The van der Waals surface area contributed by atoms with Crippen molar-refractivity contribution in [1.29, 1.82) is 0 Å². The Bertz CT molecular complexity index is 752. The molecule has 1 aromatic rings. The summed E-state index contributed by atoms with van der Waals surface area (Å²) in [5.41, 5.74) is 1.68. The molecule has 4 rings (SSSR count). The predicted octanol–water partition coefficient (Wildman–Crippen LogP) is 2.53. The number of benzene rings is 1. The summed E-state index contributed by atoms with van der Waals surface area (Å²) in [6, 6.07) is 4.45. The number of esters is 1. The van der Waals surface area contributed by atoms with Crippen molar-refractivity contribution in [2.45, 2.75) is 44.8 Å². The molecule has 1 saturated carbocycles. The summed E-state index contributed by atoms with van der Waals surface area (Å²) in [7, 11) is 0. The third-order valence-electron chi connectivity index (χ3n) is 4.79. The minimum Gasteiger partial charge on any atom is -0.459 e. The number of amides is 2. The molecule has 0 bridgehead atoms. The Kier molecular flexibility index (Phi) is 3.99. The first-order valence-corrected chi connectivity index (χ1v) is 8.50. The zero-order valence-electron chi connectivity index (χ0n) is 14.0. The van der Waals surface area contributed by atoms with Crippen LogP contribution in [0.15, 0.2) is 29.5 Å². The Balaban J connectivity index is 1.64. The Morgan fingerprint density at radius 2 is 1.96 bits per heavy atom. The van der Waals surface area contributed by atoms with E-state index < -0.39 is 6.04 Å². The number of urea groups is 1. The largest absolute Gasteiger partial charge is 0.459 e. The van der Waals surface area contributed by atoms with Gasteiger partial charge >= 0.3 is 12.0 Å². The molecule has 1 aromatic carbocycles. The number of carbonyl (C=O) groups is 2. The molecule has 0 saturated heterocycles. The summed E-state index contributed by atoms with van der Waals surface area (Å²) in [5.74, 6) is 0.866. The molecule has 1 aliphatic carbocycles. The Hall–Kier alpha value is -2.70. The van der Waals surface area contributed by atoms with Crippen LogP contribution in [-0.4, -0.2) is 24.9 Å². The number of fused-ring (bicyclic) bond motifs is 1. The van der Waals surface area contributed by atoms with Gasteiger partial charge in [0, 0.05) is 5.70 Å². The van der Waals surface area contributed by atoms with Gasteiger partial charge in [0.15, 0.2) is 11.5 Å². The molecular formula is C18H20N2O5. The van der Waals surface area contributed by atoms with Gasteiger partial charge in [-0.15, -0.1) is 0 Å². The highest BCUT2D eigenvalue weighted by molar-refractivity contribution is 5.95. The Morgan fingerprint density at radius 1 is 1.20 bits per heavy atom. The lowest BCUT2D eigenvalue weighted by molar-refractivity contribution is -0.144. The fraction of sp³-hybridized carbons (Fsp3) is 0.444. The van der Waals surface area contributed by atoms with Gasteiger partial charge in [-0.05, 0) is 50.3 Å². The Morgan fingerprint density at radius 3 is 2.76 bits per heavy atom. The van der Waals surface area contributed by atoms with Crippen molar-refractivity contribution in [3.05, 3.63) is 35.0 Å². The number of ether oxygens (including phenoxy) is 3. The van der Waals surface area contributed by atoms with Gasteiger partial charge in [0.1, 0.15) is 6.10 Å². The second-order valence-electron chi connectivity index (χ2n) is 6.49. The lowest BCUT2D eigenvalue weighted by Crippen LogP contribution is -2.45. The molecule has 0 aromatic heterocycles. The molecule has 0 radical (unpaired) electrons. The summed E-state index contributed by atoms with van der Waals surface area (Å²) in [6.45, 7) is 1.88. The van der Waals surface area contributed by atoms with Crippen molar-refractivity contribution in [2.24, 2.45) is 0 Å². The van der Waals surface area contributed by atoms with Gasteiger partial charge in [0.25, 0.3) is 0 Å². The summed E-state index contributed by atoms with van der Waals surface area (Å²) in [6.07, 6.45) is 3.91. The molecule has 2 aliphatic heterocycles. The van der Waals surface area contributed by atoms with E-state index in [1.807, 2.05) is 6.07 Å². The van der Waals surface area contributed by atoms with Crippen LogP contribution in [0.3, 0.4) is 0 Å². The maximum absolute atomic E-state index is 12.8. The summed E-state index contributed by atoms with van der Waals surface area (Å²) in [4.78, 5) is 24.7. The molecule has 132 valence electrons. The van der Waals surface area contributed by atoms with Crippen LogP contribution in [0.5, 0.6) is 11.5 Å². The maximum atomic E-state index is 12.8. The standard InChI is InChI=1S/C18H20N2O5/c1-10-15(17(21)25-12-4-2-3-5-12)16(20-18(22)19-10)11-6-7-13-14(8-11)24-9-23-13/h6-8,12,16H,2-5,9H2,1H3,(H2,19,20,22)/t16-/m0/s1. The molecule has 2 N–H and O–H groups in total. The van der Waals surface area contributed by atoms with Crippen LogP contribution in [0.1, 0.15) is 44.2 Å². The zero-order valence-corrected chi connectivity index (χ0v) is 14.0. The third-order valence-corrected chi connectivity index (χ3v) is 4.79. The molecule has 7 nitrogen and oxygen atoms in total. The van der Waals surface area contributed by atoms with E-state index in [-0.39, 0.29) is 24.9 Å². The molecule has 7 heteroatoms. The van der Waals surface area contributed by atoms with Crippen molar-refractivity contribution in [3.63, 3.8) is 0 Å². The molecule has 25 heavy (non-hydrogen) atoms. The predicted molar refractivity (Wildman–Crippen MR) is 88.0 cm³/mol. The number of allylic oxidation sites excluding steroid dienone is 1. The van der Waals surface area contributed by atoms with Gasteiger partial charge in [0.2, 0.25) is 6.79 Å². The van der Waals surface area contributed by atoms with E-state index in [1.165, 1.54) is 0 Å². The topological polar surface area (TPSA) is 85.9 Å². The minimum absolute atomic E-state index is 0.0390. The normalized spacial score (nSPS) is 22.6. The first-order chi connectivity index (χ1) is 12.1. The average Bonchev–Trinajstić information content (AvgIpc) is 3.24. The van der Waals surface area contributed by atoms with Crippen molar-refractivity contribution in [3.8, 4) is 11.5 Å². The van der Waals surface area contributed by atoms with E-state index in [2.05, 4.69) is 10.6 Å². The third kappa shape index (κ3) is 3.01. The van der Waals surface area contributed by atoms with E-state index in [0.29, 0.717) is 22.8 Å². The van der Waals surface area contributed by atoms with Gasteiger partial charge in [-0.3, -0.25) is 0 Å². The lowest BCUT2D eigenvalue weighted by atomic mass is 9.95. The first kappa shape index (κ1) is 15.8. The molecule has 1 fully saturated rings. The average molecular weight is 344 g/mol. The Labute approximate surface area is 145 Å². The van der Waals surface area contributed by atoms with Gasteiger partial charge in [-0.2, -0.15) is 0 Å². The van der Waals surface area contributed by atoms with E-state index >= 15 is 0 Å². The van der Waals surface area contributed by atoms with E-state index in [4.69, 9.17) is 14.2 Å².